The van der Waals surface area contributed by atoms with Gasteiger partial charge in [0.1, 0.15) is 0 Å². The minimum Gasteiger partial charge on any atom is -0.0651 e. The minimum atomic E-state index is 0.561. The van der Waals surface area contributed by atoms with Gasteiger partial charge in [-0.15, -0.1) is 0 Å². The molecule has 2 rings (SSSR count). The summed E-state index contributed by atoms with van der Waals surface area (Å²) in [4.78, 5) is 0. The Hall–Kier alpha value is 0. The van der Waals surface area contributed by atoms with Gasteiger partial charge in [-0.25, -0.2) is 0 Å². The van der Waals surface area contributed by atoms with E-state index in [1.54, 1.807) is 0 Å². The van der Waals surface area contributed by atoms with E-state index in [0.29, 0.717) is 10.8 Å². The molecule has 0 nitrogen and oxygen atoms in total. The molecule has 21 heavy (non-hydrogen) atoms. The van der Waals surface area contributed by atoms with Crippen LogP contribution in [0.3, 0.4) is 0 Å². The lowest BCUT2D eigenvalue weighted by molar-refractivity contribution is -0.0359. The third-order valence-corrected chi connectivity index (χ3v) is 8.46. The molecule has 0 heterocycles. The first kappa shape index (κ1) is 17.4. The topological polar surface area (TPSA) is 0 Å². The smallest absolute Gasteiger partial charge is 0.0236 e. The van der Waals surface area contributed by atoms with E-state index in [2.05, 4.69) is 48.5 Å². The average molecular weight is 293 g/mol. The molecule has 0 aromatic carbocycles. The third-order valence-electron chi connectivity index (χ3n) is 8.46. The molecule has 0 aromatic heterocycles. The Labute approximate surface area is 134 Å². The number of hydrogen-bond donors (Lipinski definition) is 0. The SMILES string of the molecule is CCC(C)CC1(C)C(C2CCC2C)CC(CC)C1(C)CC. The molecule has 0 bridgehead atoms. The zero-order valence-corrected chi connectivity index (χ0v) is 15.8. The molecule has 7 unspecified atom stereocenters. The second-order valence-electron chi connectivity index (χ2n) is 9.07. The first-order chi connectivity index (χ1) is 9.83. The van der Waals surface area contributed by atoms with E-state index in [-0.39, 0.29) is 0 Å². The molecule has 0 amide bonds. The van der Waals surface area contributed by atoms with E-state index in [9.17, 15) is 0 Å². The van der Waals surface area contributed by atoms with Crippen LogP contribution in [0.5, 0.6) is 0 Å². The molecular formula is C21H40. The van der Waals surface area contributed by atoms with Crippen molar-refractivity contribution >= 4 is 0 Å². The highest BCUT2D eigenvalue weighted by Crippen LogP contribution is 2.68. The van der Waals surface area contributed by atoms with Gasteiger partial charge in [0.25, 0.3) is 0 Å². The predicted octanol–water partition coefficient (Wildman–Crippen LogP) is 6.94. The molecule has 7 atom stereocenters. The Morgan fingerprint density at radius 1 is 1.05 bits per heavy atom. The van der Waals surface area contributed by atoms with Crippen LogP contribution in [0.1, 0.15) is 93.4 Å². The van der Waals surface area contributed by atoms with Gasteiger partial charge in [0.15, 0.2) is 0 Å². The van der Waals surface area contributed by atoms with E-state index in [1.807, 2.05) is 0 Å². The fraction of sp³-hybridized carbons (Fsp3) is 1.00. The summed E-state index contributed by atoms with van der Waals surface area (Å²) < 4.78 is 0. The van der Waals surface area contributed by atoms with Crippen molar-refractivity contribution in [3.63, 3.8) is 0 Å². The lowest BCUT2D eigenvalue weighted by Gasteiger charge is -2.52. The van der Waals surface area contributed by atoms with Crippen molar-refractivity contribution in [1.29, 1.82) is 0 Å². The van der Waals surface area contributed by atoms with Crippen molar-refractivity contribution in [2.75, 3.05) is 0 Å². The van der Waals surface area contributed by atoms with Gasteiger partial charge in [-0.2, -0.15) is 0 Å². The summed E-state index contributed by atoms with van der Waals surface area (Å²) in [6, 6.07) is 0. The maximum atomic E-state index is 2.69. The van der Waals surface area contributed by atoms with E-state index in [0.717, 1.165) is 29.6 Å². The Bertz CT molecular complexity index is 346. The van der Waals surface area contributed by atoms with Crippen LogP contribution in [0, 0.1) is 40.4 Å². The van der Waals surface area contributed by atoms with Gasteiger partial charge in [-0.1, -0.05) is 67.7 Å². The molecule has 0 saturated heterocycles. The van der Waals surface area contributed by atoms with Crippen molar-refractivity contribution in [3.05, 3.63) is 0 Å². The van der Waals surface area contributed by atoms with Crippen LogP contribution in [0.15, 0.2) is 0 Å². The Morgan fingerprint density at radius 2 is 1.71 bits per heavy atom. The van der Waals surface area contributed by atoms with E-state index in [1.165, 1.54) is 44.9 Å². The van der Waals surface area contributed by atoms with Gasteiger partial charge >= 0.3 is 0 Å². The third kappa shape index (κ3) is 2.59. The highest BCUT2D eigenvalue weighted by Gasteiger charge is 2.60. The van der Waals surface area contributed by atoms with Gasteiger partial charge in [-0.05, 0) is 66.1 Å². The van der Waals surface area contributed by atoms with Crippen LogP contribution < -0.4 is 0 Å². The van der Waals surface area contributed by atoms with Crippen molar-refractivity contribution < 1.29 is 0 Å². The van der Waals surface area contributed by atoms with Crippen LogP contribution in [0.4, 0.5) is 0 Å². The summed E-state index contributed by atoms with van der Waals surface area (Å²) in [6.45, 7) is 17.6. The highest BCUT2D eigenvalue weighted by molar-refractivity contribution is 5.09. The summed E-state index contributed by atoms with van der Waals surface area (Å²) >= 11 is 0. The molecular weight excluding hydrogens is 252 g/mol. The molecule has 0 radical (unpaired) electrons. The number of hydrogen-bond acceptors (Lipinski definition) is 0. The van der Waals surface area contributed by atoms with E-state index >= 15 is 0 Å². The molecule has 0 aliphatic heterocycles. The second-order valence-corrected chi connectivity index (χ2v) is 9.07. The van der Waals surface area contributed by atoms with E-state index < -0.39 is 0 Å². The molecule has 2 saturated carbocycles. The van der Waals surface area contributed by atoms with Gasteiger partial charge in [-0.3, -0.25) is 0 Å². The summed E-state index contributed by atoms with van der Waals surface area (Å²) in [6.07, 6.45) is 10.1. The quantitative estimate of drug-likeness (QED) is 0.497. The molecule has 0 spiro atoms. The monoisotopic (exact) mass is 292 g/mol. The second kappa shape index (κ2) is 6.25. The molecule has 2 fully saturated rings. The van der Waals surface area contributed by atoms with Gasteiger partial charge in [0.05, 0.1) is 0 Å². The van der Waals surface area contributed by atoms with Crippen molar-refractivity contribution in [2.24, 2.45) is 40.4 Å². The molecule has 2 aliphatic rings. The summed E-state index contributed by atoms with van der Waals surface area (Å²) in [5.41, 5.74) is 1.13. The van der Waals surface area contributed by atoms with Crippen LogP contribution in [0.2, 0.25) is 0 Å². The van der Waals surface area contributed by atoms with Crippen LogP contribution in [-0.4, -0.2) is 0 Å². The van der Waals surface area contributed by atoms with Gasteiger partial charge in [0, 0.05) is 0 Å². The summed E-state index contributed by atoms with van der Waals surface area (Å²) in [5, 5.41) is 0. The Morgan fingerprint density at radius 3 is 2.10 bits per heavy atom. The standard InChI is InChI=1S/C21H40/c1-8-15(4)14-21(7)19(18-12-11-16(18)5)13-17(9-2)20(21,6)10-3/h15-19H,8-14H2,1-7H3. The van der Waals surface area contributed by atoms with Crippen LogP contribution in [-0.2, 0) is 0 Å². The lowest BCUT2D eigenvalue weighted by atomic mass is 9.52. The zero-order valence-electron chi connectivity index (χ0n) is 15.8. The lowest BCUT2D eigenvalue weighted by Crippen LogP contribution is -2.45. The maximum Gasteiger partial charge on any atom is -0.0236 e. The molecule has 0 N–H and O–H groups in total. The zero-order chi connectivity index (χ0) is 15.8. The fourth-order valence-electron chi connectivity index (χ4n) is 6.22. The normalized spacial score (nSPS) is 48.1. The van der Waals surface area contributed by atoms with Crippen LogP contribution in [0.25, 0.3) is 0 Å². The highest BCUT2D eigenvalue weighted by atomic mass is 14.6. The largest absolute Gasteiger partial charge is 0.0651 e. The predicted molar refractivity (Wildman–Crippen MR) is 94.4 cm³/mol. The maximum absolute atomic E-state index is 2.69. The van der Waals surface area contributed by atoms with Crippen molar-refractivity contribution in [1.82, 2.24) is 0 Å². The van der Waals surface area contributed by atoms with Crippen LogP contribution >= 0.6 is 0 Å². The summed E-state index contributed by atoms with van der Waals surface area (Å²) in [5.74, 6) is 4.85. The van der Waals surface area contributed by atoms with Crippen molar-refractivity contribution in [2.45, 2.75) is 93.4 Å². The number of rotatable bonds is 6. The van der Waals surface area contributed by atoms with Crippen molar-refractivity contribution in [3.8, 4) is 0 Å². The van der Waals surface area contributed by atoms with Gasteiger partial charge in [0.2, 0.25) is 0 Å². The van der Waals surface area contributed by atoms with E-state index in [4.69, 9.17) is 0 Å². The first-order valence-corrected chi connectivity index (χ1v) is 9.83. The average Bonchev–Trinajstić information content (AvgIpc) is 2.67. The molecule has 0 heteroatoms. The fourth-order valence-corrected chi connectivity index (χ4v) is 6.22. The Balaban J connectivity index is 2.34. The minimum absolute atomic E-state index is 0.561. The molecule has 2 aliphatic carbocycles. The van der Waals surface area contributed by atoms with Gasteiger partial charge < -0.3 is 0 Å². The molecule has 124 valence electrons. The molecule has 0 aromatic rings. The Kier molecular flexibility index (Phi) is 5.16. The first-order valence-electron chi connectivity index (χ1n) is 9.83. The summed E-state index contributed by atoms with van der Waals surface area (Å²) in [7, 11) is 0.